The molecule has 17 heavy (non-hydrogen) atoms. The summed E-state index contributed by atoms with van der Waals surface area (Å²) in [6.45, 7) is 0.959. The molecule has 2 N–H and O–H groups in total. The highest BCUT2D eigenvalue weighted by molar-refractivity contribution is 7.99. The van der Waals surface area contributed by atoms with Gasteiger partial charge in [0.15, 0.2) is 5.13 Å². The highest BCUT2D eigenvalue weighted by Crippen LogP contribution is 2.24. The summed E-state index contributed by atoms with van der Waals surface area (Å²) in [6.07, 6.45) is 2.55. The molecule has 1 saturated heterocycles. The van der Waals surface area contributed by atoms with E-state index < -0.39 is 5.97 Å². The Bertz CT molecular complexity index is 375. The Labute approximate surface area is 109 Å². The van der Waals surface area contributed by atoms with Crippen molar-refractivity contribution in [3.63, 3.8) is 0 Å². The van der Waals surface area contributed by atoms with Gasteiger partial charge in [0.05, 0.1) is 12.1 Å². The lowest BCUT2D eigenvalue weighted by molar-refractivity contribution is -0.136. The van der Waals surface area contributed by atoms with E-state index in [9.17, 15) is 4.79 Å². The minimum Gasteiger partial charge on any atom is -0.481 e. The average molecular weight is 272 g/mol. The second-order valence-electron chi connectivity index (χ2n) is 4.15. The van der Waals surface area contributed by atoms with E-state index in [0.717, 1.165) is 17.6 Å². The number of aromatic nitrogens is 1. The number of rotatable bonds is 5. The summed E-state index contributed by atoms with van der Waals surface area (Å²) in [5.74, 6) is 2.43. The smallest absolute Gasteiger partial charge is 0.309 e. The second-order valence-corrected chi connectivity index (χ2v) is 6.23. The Morgan fingerprint density at radius 3 is 3.00 bits per heavy atom. The van der Waals surface area contributed by atoms with Crippen molar-refractivity contribution >= 4 is 34.2 Å². The first-order valence-corrected chi connectivity index (χ1v) is 7.75. The molecule has 94 valence electrons. The van der Waals surface area contributed by atoms with Crippen LogP contribution in [0.5, 0.6) is 0 Å². The van der Waals surface area contributed by atoms with Crippen molar-refractivity contribution < 1.29 is 9.90 Å². The molecular formula is C11H16N2O2S2. The summed E-state index contributed by atoms with van der Waals surface area (Å²) < 4.78 is 0. The number of hydrogen-bond acceptors (Lipinski definition) is 5. The van der Waals surface area contributed by atoms with Crippen LogP contribution in [0.1, 0.15) is 18.5 Å². The van der Waals surface area contributed by atoms with E-state index in [1.807, 2.05) is 17.1 Å². The molecular weight excluding hydrogens is 256 g/mol. The Morgan fingerprint density at radius 2 is 2.29 bits per heavy atom. The predicted octanol–water partition coefficient (Wildman–Crippen LogP) is 2.33. The van der Waals surface area contributed by atoms with Crippen LogP contribution in [0.25, 0.3) is 0 Å². The molecule has 0 aliphatic carbocycles. The Balaban J connectivity index is 1.78. The third kappa shape index (κ3) is 4.20. The van der Waals surface area contributed by atoms with Gasteiger partial charge in [0.25, 0.3) is 0 Å². The van der Waals surface area contributed by atoms with Gasteiger partial charge in [-0.15, -0.1) is 11.3 Å². The molecule has 6 heteroatoms. The average Bonchev–Trinajstić information content (AvgIpc) is 2.75. The fourth-order valence-electron chi connectivity index (χ4n) is 1.81. The topological polar surface area (TPSA) is 62.2 Å². The Kier molecular flexibility index (Phi) is 4.67. The predicted molar refractivity (Wildman–Crippen MR) is 72.0 cm³/mol. The Hall–Kier alpha value is -0.750. The molecule has 0 amide bonds. The molecule has 2 heterocycles. The lowest BCUT2D eigenvalue weighted by Gasteiger charge is -2.21. The molecule has 1 fully saturated rings. The fourth-order valence-corrected chi connectivity index (χ4v) is 3.73. The van der Waals surface area contributed by atoms with Gasteiger partial charge in [-0.1, -0.05) is 0 Å². The van der Waals surface area contributed by atoms with Gasteiger partial charge in [-0.05, 0) is 30.3 Å². The lowest BCUT2D eigenvalue weighted by Crippen LogP contribution is -2.19. The standard InChI is InChI=1S/C11H16N2O2S2/c14-10(15)5-9-7-17-11(13-9)12-6-8-1-3-16-4-2-8/h7-8H,1-6H2,(H,12,13)(H,14,15). The van der Waals surface area contributed by atoms with Crippen LogP contribution in [-0.2, 0) is 11.2 Å². The molecule has 0 saturated carbocycles. The van der Waals surface area contributed by atoms with Crippen molar-refractivity contribution in [2.75, 3.05) is 23.4 Å². The third-order valence-corrected chi connectivity index (χ3v) is 4.66. The maximum Gasteiger partial charge on any atom is 0.309 e. The summed E-state index contributed by atoms with van der Waals surface area (Å²) >= 11 is 3.51. The van der Waals surface area contributed by atoms with E-state index in [4.69, 9.17) is 5.11 Å². The highest BCUT2D eigenvalue weighted by Gasteiger charge is 2.14. The van der Waals surface area contributed by atoms with Gasteiger partial charge in [-0.25, -0.2) is 4.98 Å². The zero-order chi connectivity index (χ0) is 12.1. The number of nitrogens with zero attached hydrogens (tertiary/aromatic N) is 1. The first-order chi connectivity index (χ1) is 8.24. The number of thiazole rings is 1. The van der Waals surface area contributed by atoms with Gasteiger partial charge in [-0.3, -0.25) is 4.79 Å². The maximum absolute atomic E-state index is 10.5. The van der Waals surface area contributed by atoms with Crippen LogP contribution in [0.3, 0.4) is 0 Å². The molecule has 0 unspecified atom stereocenters. The molecule has 0 atom stereocenters. The molecule has 0 radical (unpaired) electrons. The van der Waals surface area contributed by atoms with E-state index in [0.29, 0.717) is 5.69 Å². The maximum atomic E-state index is 10.5. The molecule has 1 aromatic rings. The van der Waals surface area contributed by atoms with E-state index in [1.54, 1.807) is 0 Å². The summed E-state index contributed by atoms with van der Waals surface area (Å²) in [5, 5.41) is 14.6. The van der Waals surface area contributed by atoms with Crippen molar-refractivity contribution in [1.82, 2.24) is 4.98 Å². The zero-order valence-corrected chi connectivity index (χ0v) is 11.1. The number of carbonyl (C=O) groups is 1. The monoisotopic (exact) mass is 272 g/mol. The molecule has 2 rings (SSSR count). The van der Waals surface area contributed by atoms with Crippen molar-refractivity contribution in [1.29, 1.82) is 0 Å². The first kappa shape index (κ1) is 12.7. The van der Waals surface area contributed by atoms with Crippen molar-refractivity contribution in [2.24, 2.45) is 5.92 Å². The first-order valence-electron chi connectivity index (χ1n) is 5.72. The highest BCUT2D eigenvalue weighted by atomic mass is 32.2. The number of thioether (sulfide) groups is 1. The zero-order valence-electron chi connectivity index (χ0n) is 9.52. The summed E-state index contributed by atoms with van der Waals surface area (Å²) in [7, 11) is 0. The van der Waals surface area contributed by atoms with Crippen LogP contribution in [0.4, 0.5) is 5.13 Å². The summed E-state index contributed by atoms with van der Waals surface area (Å²) in [6, 6.07) is 0. The largest absolute Gasteiger partial charge is 0.481 e. The number of nitrogens with one attached hydrogen (secondary N) is 1. The molecule has 1 aromatic heterocycles. The van der Waals surface area contributed by atoms with Gasteiger partial charge in [0, 0.05) is 11.9 Å². The number of carboxylic acids is 1. The minimum absolute atomic E-state index is 0.0122. The number of anilines is 1. The van der Waals surface area contributed by atoms with Crippen molar-refractivity contribution in [3.05, 3.63) is 11.1 Å². The number of hydrogen-bond donors (Lipinski definition) is 2. The van der Waals surface area contributed by atoms with Crippen molar-refractivity contribution in [3.8, 4) is 0 Å². The van der Waals surface area contributed by atoms with E-state index in [-0.39, 0.29) is 6.42 Å². The quantitative estimate of drug-likeness (QED) is 0.861. The normalized spacial score (nSPS) is 16.9. The van der Waals surface area contributed by atoms with Crippen LogP contribution in [0, 0.1) is 5.92 Å². The molecule has 0 aromatic carbocycles. The van der Waals surface area contributed by atoms with E-state index >= 15 is 0 Å². The molecule has 0 spiro atoms. The van der Waals surface area contributed by atoms with Gasteiger partial charge < -0.3 is 10.4 Å². The number of carboxylic acid groups (broad SMARTS) is 1. The molecule has 0 bridgehead atoms. The number of aliphatic carboxylic acids is 1. The van der Waals surface area contributed by atoms with Crippen LogP contribution in [-0.4, -0.2) is 34.1 Å². The van der Waals surface area contributed by atoms with Crippen LogP contribution in [0.2, 0.25) is 0 Å². The van der Waals surface area contributed by atoms with Crippen LogP contribution in [0.15, 0.2) is 5.38 Å². The summed E-state index contributed by atoms with van der Waals surface area (Å²) in [5.41, 5.74) is 0.643. The second kappa shape index (κ2) is 6.26. The van der Waals surface area contributed by atoms with Gasteiger partial charge in [0.1, 0.15) is 0 Å². The van der Waals surface area contributed by atoms with E-state index in [2.05, 4.69) is 10.3 Å². The van der Waals surface area contributed by atoms with Gasteiger partial charge in [0.2, 0.25) is 0 Å². The van der Waals surface area contributed by atoms with Crippen LogP contribution < -0.4 is 5.32 Å². The SMILES string of the molecule is O=C(O)Cc1csc(NCC2CCSCC2)n1. The lowest BCUT2D eigenvalue weighted by atomic mass is 10.0. The van der Waals surface area contributed by atoms with E-state index in [1.165, 1.54) is 35.7 Å². The van der Waals surface area contributed by atoms with Crippen molar-refractivity contribution in [2.45, 2.75) is 19.3 Å². The molecule has 1 aliphatic rings. The third-order valence-electron chi connectivity index (χ3n) is 2.77. The summed E-state index contributed by atoms with van der Waals surface area (Å²) in [4.78, 5) is 14.8. The van der Waals surface area contributed by atoms with Crippen LogP contribution >= 0.6 is 23.1 Å². The van der Waals surface area contributed by atoms with Gasteiger partial charge >= 0.3 is 5.97 Å². The fraction of sp³-hybridized carbons (Fsp3) is 0.636. The Morgan fingerprint density at radius 1 is 1.53 bits per heavy atom. The molecule has 4 nitrogen and oxygen atoms in total. The van der Waals surface area contributed by atoms with Gasteiger partial charge in [-0.2, -0.15) is 11.8 Å². The molecule has 1 aliphatic heterocycles. The minimum atomic E-state index is -0.828.